The zero-order valence-electron chi connectivity index (χ0n) is 11.4. The molecule has 0 unspecified atom stereocenters. The average molecular weight is 263 g/mol. The number of aryl methyl sites for hydroxylation is 1. The minimum atomic E-state index is 0.337. The third-order valence-corrected chi connectivity index (χ3v) is 3.50. The number of hydrogen-bond acceptors (Lipinski definition) is 2. The van der Waals surface area contributed by atoms with Crippen LogP contribution in [0.2, 0.25) is 0 Å². The molecular weight excluding hydrogens is 246 g/mol. The highest BCUT2D eigenvalue weighted by molar-refractivity contribution is 5.87. The molecule has 2 heteroatoms. The largest absolute Gasteiger partial charge is 0.508 e. The Morgan fingerprint density at radius 1 is 0.950 bits per heavy atom. The fourth-order valence-electron chi connectivity index (χ4n) is 2.46. The van der Waals surface area contributed by atoms with Gasteiger partial charge in [0.25, 0.3) is 0 Å². The first-order chi connectivity index (χ1) is 9.74. The molecule has 0 aliphatic heterocycles. The molecule has 0 aromatic heterocycles. The highest BCUT2D eigenvalue weighted by atomic mass is 16.3. The minimum absolute atomic E-state index is 0.337. The molecular formula is C18H17NO. The number of aromatic hydroxyl groups is 1. The van der Waals surface area contributed by atoms with Gasteiger partial charge in [0.2, 0.25) is 0 Å². The summed E-state index contributed by atoms with van der Waals surface area (Å²) in [4.78, 5) is 0. The van der Waals surface area contributed by atoms with Gasteiger partial charge >= 0.3 is 0 Å². The number of nitrogens with one attached hydrogen (secondary N) is 1. The van der Waals surface area contributed by atoms with Gasteiger partial charge in [0.1, 0.15) is 5.75 Å². The fourth-order valence-corrected chi connectivity index (χ4v) is 2.46. The zero-order valence-corrected chi connectivity index (χ0v) is 11.4. The van der Waals surface area contributed by atoms with Crippen molar-refractivity contribution in [2.75, 3.05) is 5.32 Å². The van der Waals surface area contributed by atoms with Crippen LogP contribution >= 0.6 is 0 Å². The Hall–Kier alpha value is -2.48. The number of phenols is 1. The molecule has 2 N–H and O–H groups in total. The fraction of sp³-hybridized carbons (Fsp3) is 0.111. The summed E-state index contributed by atoms with van der Waals surface area (Å²) in [6.45, 7) is 2.68. The number of anilines is 1. The molecule has 0 heterocycles. The van der Waals surface area contributed by atoms with E-state index in [0.717, 1.165) is 22.0 Å². The van der Waals surface area contributed by atoms with Crippen molar-refractivity contribution in [1.29, 1.82) is 0 Å². The SMILES string of the molecule is Cc1cccc(NCc2c(O)ccc3ccccc23)c1. The second kappa shape index (κ2) is 5.25. The Morgan fingerprint density at radius 2 is 1.80 bits per heavy atom. The predicted octanol–water partition coefficient (Wildman–Crippen LogP) is 4.47. The van der Waals surface area contributed by atoms with Gasteiger partial charge in [-0.05, 0) is 41.5 Å². The maximum absolute atomic E-state index is 10.1. The van der Waals surface area contributed by atoms with Crippen molar-refractivity contribution in [2.24, 2.45) is 0 Å². The van der Waals surface area contributed by atoms with Crippen molar-refractivity contribution in [3.8, 4) is 5.75 Å². The van der Waals surface area contributed by atoms with Gasteiger partial charge in [-0.15, -0.1) is 0 Å². The van der Waals surface area contributed by atoms with Crippen LogP contribution < -0.4 is 5.32 Å². The van der Waals surface area contributed by atoms with Gasteiger partial charge in [0, 0.05) is 17.8 Å². The lowest BCUT2D eigenvalue weighted by Crippen LogP contribution is -2.00. The zero-order chi connectivity index (χ0) is 13.9. The molecule has 0 saturated carbocycles. The molecule has 0 saturated heterocycles. The van der Waals surface area contributed by atoms with E-state index in [1.807, 2.05) is 36.4 Å². The van der Waals surface area contributed by atoms with Crippen molar-refractivity contribution >= 4 is 16.5 Å². The highest BCUT2D eigenvalue weighted by Gasteiger charge is 2.06. The highest BCUT2D eigenvalue weighted by Crippen LogP contribution is 2.27. The second-order valence-electron chi connectivity index (χ2n) is 5.01. The Kier molecular flexibility index (Phi) is 3.30. The van der Waals surface area contributed by atoms with Gasteiger partial charge in [-0.2, -0.15) is 0 Å². The molecule has 0 atom stereocenters. The number of hydrogen-bond donors (Lipinski definition) is 2. The molecule has 0 spiro atoms. The molecule has 0 amide bonds. The first-order valence-electron chi connectivity index (χ1n) is 6.74. The summed E-state index contributed by atoms with van der Waals surface area (Å²) in [5.41, 5.74) is 3.22. The molecule has 0 aliphatic rings. The Bertz CT molecular complexity index is 749. The maximum atomic E-state index is 10.1. The topological polar surface area (TPSA) is 32.3 Å². The Labute approximate surface area is 118 Å². The van der Waals surface area contributed by atoms with Crippen LogP contribution in [0.3, 0.4) is 0 Å². The van der Waals surface area contributed by atoms with Crippen LogP contribution in [-0.2, 0) is 6.54 Å². The van der Waals surface area contributed by atoms with Crippen molar-refractivity contribution in [3.63, 3.8) is 0 Å². The van der Waals surface area contributed by atoms with E-state index in [0.29, 0.717) is 12.3 Å². The van der Waals surface area contributed by atoms with Gasteiger partial charge in [-0.1, -0.05) is 42.5 Å². The number of benzene rings is 3. The lowest BCUT2D eigenvalue weighted by atomic mass is 10.0. The van der Waals surface area contributed by atoms with Gasteiger partial charge < -0.3 is 10.4 Å². The summed E-state index contributed by atoms with van der Waals surface area (Å²) in [5, 5.41) is 15.7. The second-order valence-corrected chi connectivity index (χ2v) is 5.01. The van der Waals surface area contributed by atoms with Crippen LogP contribution in [0.25, 0.3) is 10.8 Å². The van der Waals surface area contributed by atoms with Crippen LogP contribution in [0.4, 0.5) is 5.69 Å². The van der Waals surface area contributed by atoms with Gasteiger partial charge in [0.05, 0.1) is 0 Å². The third-order valence-electron chi connectivity index (χ3n) is 3.50. The normalized spacial score (nSPS) is 10.7. The average Bonchev–Trinajstić information content (AvgIpc) is 2.46. The van der Waals surface area contributed by atoms with E-state index >= 15 is 0 Å². The molecule has 3 rings (SSSR count). The molecule has 0 aliphatic carbocycles. The summed E-state index contributed by atoms with van der Waals surface area (Å²) >= 11 is 0. The van der Waals surface area contributed by atoms with E-state index in [9.17, 15) is 5.11 Å². The third kappa shape index (κ3) is 2.45. The number of fused-ring (bicyclic) bond motifs is 1. The first kappa shape index (κ1) is 12.5. The summed E-state index contributed by atoms with van der Waals surface area (Å²) < 4.78 is 0. The smallest absolute Gasteiger partial charge is 0.121 e. The molecule has 3 aromatic carbocycles. The van der Waals surface area contributed by atoms with E-state index in [1.54, 1.807) is 6.07 Å². The summed E-state index contributed by atoms with van der Waals surface area (Å²) in [5.74, 6) is 0.337. The van der Waals surface area contributed by atoms with Gasteiger partial charge in [-0.3, -0.25) is 0 Å². The van der Waals surface area contributed by atoms with Gasteiger partial charge in [-0.25, -0.2) is 0 Å². The number of phenolic OH excluding ortho intramolecular Hbond substituents is 1. The van der Waals surface area contributed by atoms with E-state index in [4.69, 9.17) is 0 Å². The van der Waals surface area contributed by atoms with Crippen molar-refractivity contribution < 1.29 is 5.11 Å². The molecule has 3 aromatic rings. The summed E-state index contributed by atoms with van der Waals surface area (Å²) in [7, 11) is 0. The molecule has 2 nitrogen and oxygen atoms in total. The molecule has 0 radical (unpaired) electrons. The molecule has 0 bridgehead atoms. The van der Waals surface area contributed by atoms with E-state index in [2.05, 4.69) is 30.4 Å². The van der Waals surface area contributed by atoms with Crippen molar-refractivity contribution in [3.05, 3.63) is 71.8 Å². The minimum Gasteiger partial charge on any atom is -0.508 e. The monoisotopic (exact) mass is 263 g/mol. The van der Waals surface area contributed by atoms with Crippen LogP contribution in [-0.4, -0.2) is 5.11 Å². The van der Waals surface area contributed by atoms with Crippen LogP contribution in [0.15, 0.2) is 60.7 Å². The molecule has 20 heavy (non-hydrogen) atoms. The van der Waals surface area contributed by atoms with Crippen molar-refractivity contribution in [1.82, 2.24) is 0 Å². The summed E-state index contributed by atoms with van der Waals surface area (Å²) in [6.07, 6.45) is 0. The quantitative estimate of drug-likeness (QED) is 0.731. The van der Waals surface area contributed by atoms with Crippen LogP contribution in [0.1, 0.15) is 11.1 Å². The van der Waals surface area contributed by atoms with E-state index in [1.165, 1.54) is 5.56 Å². The first-order valence-corrected chi connectivity index (χ1v) is 6.74. The van der Waals surface area contributed by atoms with Crippen LogP contribution in [0, 0.1) is 6.92 Å². The van der Waals surface area contributed by atoms with E-state index in [-0.39, 0.29) is 0 Å². The maximum Gasteiger partial charge on any atom is 0.121 e. The standard InChI is InChI=1S/C18H17NO/c1-13-5-4-7-15(11-13)19-12-17-16-8-3-2-6-14(16)9-10-18(17)20/h2-11,19-20H,12H2,1H3. The molecule has 100 valence electrons. The predicted molar refractivity (Wildman–Crippen MR) is 84.1 cm³/mol. The van der Waals surface area contributed by atoms with Gasteiger partial charge in [0.15, 0.2) is 0 Å². The summed E-state index contributed by atoms with van der Waals surface area (Å²) in [6, 6.07) is 20.1. The van der Waals surface area contributed by atoms with Crippen molar-refractivity contribution in [2.45, 2.75) is 13.5 Å². The lowest BCUT2D eigenvalue weighted by Gasteiger charge is -2.11. The van der Waals surface area contributed by atoms with E-state index < -0.39 is 0 Å². The Morgan fingerprint density at radius 3 is 2.65 bits per heavy atom. The van der Waals surface area contributed by atoms with Crippen LogP contribution in [0.5, 0.6) is 5.75 Å². The Balaban J connectivity index is 1.92. The number of rotatable bonds is 3. The lowest BCUT2D eigenvalue weighted by molar-refractivity contribution is 0.470. The molecule has 0 fully saturated rings.